The highest BCUT2D eigenvalue weighted by atomic mass is 35.5. The van der Waals surface area contributed by atoms with Gasteiger partial charge in [-0.05, 0) is 12.1 Å². The van der Waals surface area contributed by atoms with E-state index in [1.807, 2.05) is 12.1 Å². The lowest BCUT2D eigenvalue weighted by molar-refractivity contribution is 0.220. The minimum atomic E-state index is -0.867. The van der Waals surface area contributed by atoms with Crippen LogP contribution in [0, 0.1) is 0 Å². The van der Waals surface area contributed by atoms with Gasteiger partial charge in [0.15, 0.2) is 0 Å². The molecule has 1 atom stereocenters. The number of nitrogen functional groups attached to an aromatic ring is 1. The number of anilines is 1. The molecule has 0 amide bonds. The molecule has 2 rings (SSSR count). The molecular weight excluding hydrogens is 250 g/mol. The second-order valence-corrected chi connectivity index (χ2v) is 4.29. The monoisotopic (exact) mass is 263 g/mol. The second kappa shape index (κ2) is 5.29. The van der Waals surface area contributed by atoms with E-state index in [1.54, 1.807) is 30.3 Å². The molecule has 0 bridgehead atoms. The van der Waals surface area contributed by atoms with Gasteiger partial charge in [0.1, 0.15) is 11.9 Å². The molecule has 3 N–H and O–H groups in total. The van der Waals surface area contributed by atoms with E-state index in [0.717, 1.165) is 0 Å². The maximum Gasteiger partial charge on any atom is 0.142 e. The Morgan fingerprint density at radius 2 is 1.78 bits per heavy atom. The van der Waals surface area contributed by atoms with E-state index in [4.69, 9.17) is 22.1 Å². The van der Waals surface area contributed by atoms with Crippen LogP contribution >= 0.6 is 11.6 Å². The van der Waals surface area contributed by atoms with Crippen LogP contribution in [0.25, 0.3) is 0 Å². The lowest BCUT2D eigenvalue weighted by Gasteiger charge is -2.16. The molecule has 18 heavy (non-hydrogen) atoms. The van der Waals surface area contributed by atoms with E-state index in [1.165, 1.54) is 7.11 Å². The molecule has 0 spiro atoms. The first-order valence-electron chi connectivity index (χ1n) is 5.50. The van der Waals surface area contributed by atoms with Crippen LogP contribution in [-0.4, -0.2) is 12.2 Å². The van der Waals surface area contributed by atoms with Gasteiger partial charge in [0.05, 0.1) is 12.8 Å². The van der Waals surface area contributed by atoms with Gasteiger partial charge in [0.2, 0.25) is 0 Å². The Kier molecular flexibility index (Phi) is 3.75. The normalized spacial score (nSPS) is 12.2. The zero-order valence-corrected chi connectivity index (χ0v) is 10.7. The summed E-state index contributed by atoms with van der Waals surface area (Å²) in [6.07, 6.45) is -0.867. The largest absolute Gasteiger partial charge is 0.495 e. The molecule has 0 aliphatic rings. The van der Waals surface area contributed by atoms with Crippen LogP contribution in [0.15, 0.2) is 42.5 Å². The van der Waals surface area contributed by atoms with E-state index in [0.29, 0.717) is 27.6 Å². The highest BCUT2D eigenvalue weighted by Gasteiger charge is 2.17. The summed E-state index contributed by atoms with van der Waals surface area (Å²) in [5.74, 6) is 0.540. The van der Waals surface area contributed by atoms with Gasteiger partial charge in [-0.3, -0.25) is 0 Å². The van der Waals surface area contributed by atoms with Crippen LogP contribution in [0.3, 0.4) is 0 Å². The molecule has 1 unspecified atom stereocenters. The number of nitrogens with two attached hydrogens (primary N) is 1. The summed E-state index contributed by atoms with van der Waals surface area (Å²) in [6.45, 7) is 0. The third-order valence-corrected chi connectivity index (χ3v) is 3.16. The molecule has 0 heterocycles. The van der Waals surface area contributed by atoms with Crippen LogP contribution in [-0.2, 0) is 0 Å². The van der Waals surface area contributed by atoms with Crippen molar-refractivity contribution in [2.75, 3.05) is 12.8 Å². The van der Waals surface area contributed by atoms with Gasteiger partial charge in [-0.1, -0.05) is 41.9 Å². The first kappa shape index (κ1) is 12.7. The molecule has 0 aliphatic carbocycles. The summed E-state index contributed by atoms with van der Waals surface area (Å²) < 4.78 is 5.13. The molecule has 0 saturated carbocycles. The first-order chi connectivity index (χ1) is 8.65. The van der Waals surface area contributed by atoms with Gasteiger partial charge in [0.25, 0.3) is 0 Å². The average molecular weight is 264 g/mol. The average Bonchev–Trinajstić information content (AvgIpc) is 2.39. The van der Waals surface area contributed by atoms with Gasteiger partial charge in [-0.15, -0.1) is 0 Å². The van der Waals surface area contributed by atoms with Gasteiger partial charge in [-0.25, -0.2) is 0 Å². The molecule has 94 valence electrons. The maximum atomic E-state index is 10.4. The third kappa shape index (κ3) is 2.28. The van der Waals surface area contributed by atoms with Crippen molar-refractivity contribution in [1.82, 2.24) is 0 Å². The summed E-state index contributed by atoms with van der Waals surface area (Å²) in [5, 5.41) is 10.9. The van der Waals surface area contributed by atoms with Crippen molar-refractivity contribution in [3.05, 3.63) is 58.6 Å². The number of benzene rings is 2. The summed E-state index contributed by atoms with van der Waals surface area (Å²) in [7, 11) is 1.54. The molecule has 3 nitrogen and oxygen atoms in total. The number of rotatable bonds is 3. The molecular formula is C14H14ClNO2. The summed E-state index contributed by atoms with van der Waals surface area (Å²) in [5.41, 5.74) is 7.59. The molecule has 0 radical (unpaired) electrons. The zero-order chi connectivity index (χ0) is 13.1. The molecule has 0 aliphatic heterocycles. The van der Waals surface area contributed by atoms with Gasteiger partial charge in [-0.2, -0.15) is 0 Å². The Bertz CT molecular complexity index is 557. The van der Waals surface area contributed by atoms with Crippen molar-refractivity contribution in [2.45, 2.75) is 6.10 Å². The van der Waals surface area contributed by atoms with Crippen LogP contribution in [0.5, 0.6) is 5.75 Å². The summed E-state index contributed by atoms with van der Waals surface area (Å²) in [6, 6.07) is 12.4. The number of halogens is 1. The predicted molar refractivity (Wildman–Crippen MR) is 72.9 cm³/mol. The molecule has 4 heteroatoms. The standard InChI is InChI=1S/C14H14ClNO2/c1-18-12-8-4-6-10(13(12)16)14(17)9-5-2-3-7-11(9)15/h2-8,14,17H,16H2,1H3. The zero-order valence-electron chi connectivity index (χ0n) is 9.93. The SMILES string of the molecule is COc1cccc(C(O)c2ccccc2Cl)c1N. The van der Waals surface area contributed by atoms with Crippen LogP contribution in [0.2, 0.25) is 5.02 Å². The summed E-state index contributed by atoms with van der Waals surface area (Å²) in [4.78, 5) is 0. The Morgan fingerprint density at radius 3 is 2.44 bits per heavy atom. The Balaban J connectivity index is 2.47. The number of aliphatic hydroxyl groups is 1. The fraction of sp³-hybridized carbons (Fsp3) is 0.143. The molecule has 0 fully saturated rings. The van der Waals surface area contributed by atoms with Crippen molar-refractivity contribution in [1.29, 1.82) is 0 Å². The fourth-order valence-electron chi connectivity index (χ4n) is 1.84. The maximum absolute atomic E-state index is 10.4. The minimum absolute atomic E-state index is 0.424. The van der Waals surface area contributed by atoms with Gasteiger partial charge < -0.3 is 15.6 Å². The van der Waals surface area contributed by atoms with Crippen LogP contribution < -0.4 is 10.5 Å². The van der Waals surface area contributed by atoms with E-state index < -0.39 is 6.10 Å². The molecule has 0 saturated heterocycles. The molecule has 2 aromatic carbocycles. The minimum Gasteiger partial charge on any atom is -0.495 e. The number of ether oxygens (including phenoxy) is 1. The Labute approximate surface area is 111 Å². The highest BCUT2D eigenvalue weighted by molar-refractivity contribution is 6.31. The predicted octanol–water partition coefficient (Wildman–Crippen LogP) is 3.01. The lowest BCUT2D eigenvalue weighted by Crippen LogP contribution is -2.05. The smallest absolute Gasteiger partial charge is 0.142 e. The second-order valence-electron chi connectivity index (χ2n) is 3.89. The number of aliphatic hydroxyl groups excluding tert-OH is 1. The van der Waals surface area contributed by atoms with E-state index in [9.17, 15) is 5.11 Å². The fourth-order valence-corrected chi connectivity index (χ4v) is 2.08. The first-order valence-corrected chi connectivity index (χ1v) is 5.87. The number of para-hydroxylation sites is 1. The van der Waals surface area contributed by atoms with Gasteiger partial charge in [0, 0.05) is 16.1 Å². The van der Waals surface area contributed by atoms with E-state index in [-0.39, 0.29) is 0 Å². The van der Waals surface area contributed by atoms with Crippen molar-refractivity contribution in [3.63, 3.8) is 0 Å². The Hall–Kier alpha value is -1.71. The van der Waals surface area contributed by atoms with Crippen molar-refractivity contribution < 1.29 is 9.84 Å². The van der Waals surface area contributed by atoms with Gasteiger partial charge >= 0.3 is 0 Å². The van der Waals surface area contributed by atoms with Crippen molar-refractivity contribution >= 4 is 17.3 Å². The topological polar surface area (TPSA) is 55.5 Å². The number of hydrogen-bond donors (Lipinski definition) is 2. The van der Waals surface area contributed by atoms with Crippen molar-refractivity contribution in [3.8, 4) is 5.75 Å². The number of methoxy groups -OCH3 is 1. The highest BCUT2D eigenvalue weighted by Crippen LogP contribution is 2.35. The number of hydrogen-bond acceptors (Lipinski definition) is 3. The van der Waals surface area contributed by atoms with E-state index in [2.05, 4.69) is 0 Å². The Morgan fingerprint density at radius 1 is 1.11 bits per heavy atom. The quantitative estimate of drug-likeness (QED) is 0.837. The summed E-state index contributed by atoms with van der Waals surface area (Å²) >= 11 is 6.06. The lowest BCUT2D eigenvalue weighted by atomic mass is 9.99. The molecule has 2 aromatic rings. The van der Waals surface area contributed by atoms with Crippen LogP contribution in [0.4, 0.5) is 5.69 Å². The van der Waals surface area contributed by atoms with Crippen LogP contribution in [0.1, 0.15) is 17.2 Å². The molecule has 0 aromatic heterocycles. The van der Waals surface area contributed by atoms with Crippen molar-refractivity contribution in [2.24, 2.45) is 0 Å². The third-order valence-electron chi connectivity index (χ3n) is 2.81. The van der Waals surface area contributed by atoms with E-state index >= 15 is 0 Å².